The van der Waals surface area contributed by atoms with Gasteiger partial charge in [0, 0.05) is 6.20 Å². The van der Waals surface area contributed by atoms with E-state index in [1.165, 1.54) is 16.2 Å². The summed E-state index contributed by atoms with van der Waals surface area (Å²) in [4.78, 5) is 25.1. The van der Waals surface area contributed by atoms with Crippen LogP contribution in [-0.4, -0.2) is 23.8 Å². The summed E-state index contributed by atoms with van der Waals surface area (Å²) >= 11 is 0. The molecule has 1 N–H and O–H groups in total. The number of carbonyl (C=O) groups excluding carboxylic acids is 1. The van der Waals surface area contributed by atoms with Gasteiger partial charge in [0.15, 0.2) is 0 Å². The molecular weight excluding hydrogens is 378 g/mol. The van der Waals surface area contributed by atoms with Crippen LogP contribution < -0.4 is 15.7 Å². The number of aromatic nitrogens is 1. The number of ether oxygens (including phenoxy) is 1. The van der Waals surface area contributed by atoms with Crippen molar-refractivity contribution in [1.82, 2.24) is 9.99 Å². The highest BCUT2D eigenvalue weighted by molar-refractivity contribution is 5.94. The minimum Gasteiger partial charge on any atom is -0.497 e. The highest BCUT2D eigenvalue weighted by Crippen LogP contribution is 2.14. The zero-order valence-electron chi connectivity index (χ0n) is 17.3. The van der Waals surface area contributed by atoms with E-state index >= 15 is 0 Å². The second kappa shape index (κ2) is 9.69. The normalized spacial score (nSPS) is 11.1. The highest BCUT2D eigenvalue weighted by atomic mass is 16.5. The Kier molecular flexibility index (Phi) is 6.80. The Morgan fingerprint density at radius 1 is 1.10 bits per heavy atom. The van der Waals surface area contributed by atoms with Crippen LogP contribution in [0.5, 0.6) is 5.75 Å². The van der Waals surface area contributed by atoms with Crippen molar-refractivity contribution in [1.29, 1.82) is 0 Å². The predicted molar refractivity (Wildman–Crippen MR) is 118 cm³/mol. The first-order chi connectivity index (χ1) is 14.5. The third-order valence-corrected chi connectivity index (χ3v) is 4.76. The molecule has 2 aromatic carbocycles. The van der Waals surface area contributed by atoms with E-state index < -0.39 is 5.91 Å². The van der Waals surface area contributed by atoms with Crippen LogP contribution in [0.15, 0.2) is 76.8 Å². The number of methoxy groups -OCH3 is 1. The molecule has 3 aromatic rings. The number of hydrogen-bond donors (Lipinski definition) is 1. The summed E-state index contributed by atoms with van der Waals surface area (Å²) < 4.78 is 6.64. The fourth-order valence-electron chi connectivity index (χ4n) is 2.95. The number of nitrogens with zero attached hydrogens (tertiary/aromatic N) is 2. The molecular formula is C24H25N3O3. The quantitative estimate of drug-likeness (QED) is 0.482. The van der Waals surface area contributed by atoms with Gasteiger partial charge in [-0.2, -0.15) is 5.10 Å². The van der Waals surface area contributed by atoms with Gasteiger partial charge in [0.05, 0.1) is 19.9 Å². The van der Waals surface area contributed by atoms with Crippen LogP contribution in [-0.2, 0) is 6.54 Å². The van der Waals surface area contributed by atoms with Crippen LogP contribution in [0.4, 0.5) is 0 Å². The summed E-state index contributed by atoms with van der Waals surface area (Å²) in [5.74, 6) is 0.656. The Balaban J connectivity index is 1.68. The van der Waals surface area contributed by atoms with Crippen LogP contribution in [0.1, 0.15) is 46.8 Å². The van der Waals surface area contributed by atoms with Crippen molar-refractivity contribution in [2.24, 2.45) is 5.10 Å². The first-order valence-electron chi connectivity index (χ1n) is 9.73. The molecule has 30 heavy (non-hydrogen) atoms. The Labute approximate surface area is 175 Å². The summed E-state index contributed by atoms with van der Waals surface area (Å²) in [6.07, 6.45) is 3.21. The van der Waals surface area contributed by atoms with Crippen LogP contribution in [0, 0.1) is 0 Å². The van der Waals surface area contributed by atoms with Crippen molar-refractivity contribution < 1.29 is 9.53 Å². The third-order valence-electron chi connectivity index (χ3n) is 4.76. The Morgan fingerprint density at radius 3 is 2.43 bits per heavy atom. The van der Waals surface area contributed by atoms with Gasteiger partial charge in [-0.3, -0.25) is 9.59 Å². The van der Waals surface area contributed by atoms with E-state index in [0.29, 0.717) is 12.5 Å². The van der Waals surface area contributed by atoms with E-state index in [1.807, 2.05) is 48.5 Å². The van der Waals surface area contributed by atoms with Crippen molar-refractivity contribution in [3.05, 3.63) is 99.5 Å². The van der Waals surface area contributed by atoms with Gasteiger partial charge in [-0.25, -0.2) is 5.43 Å². The lowest BCUT2D eigenvalue weighted by molar-refractivity contribution is 0.0953. The molecule has 0 bridgehead atoms. The number of nitrogens with one attached hydrogen (secondary N) is 1. The SMILES string of the molecule is COc1ccc(Cn2cccc(C(=O)N/N=C\c3ccc(C(C)C)cc3)c2=O)cc1. The number of rotatable bonds is 7. The van der Waals surface area contributed by atoms with Crippen molar-refractivity contribution in [2.75, 3.05) is 7.11 Å². The molecule has 0 saturated carbocycles. The van der Waals surface area contributed by atoms with Crippen molar-refractivity contribution in [2.45, 2.75) is 26.3 Å². The first kappa shape index (κ1) is 21.0. The van der Waals surface area contributed by atoms with Crippen molar-refractivity contribution in [3.8, 4) is 5.75 Å². The fraction of sp³-hybridized carbons (Fsp3) is 0.208. The molecule has 1 aromatic heterocycles. The molecule has 1 heterocycles. The van der Waals surface area contributed by atoms with Gasteiger partial charge in [0.1, 0.15) is 11.3 Å². The van der Waals surface area contributed by atoms with E-state index in [2.05, 4.69) is 24.4 Å². The molecule has 0 aliphatic rings. The molecule has 1 amide bonds. The molecule has 0 unspecified atom stereocenters. The van der Waals surface area contributed by atoms with Crippen molar-refractivity contribution in [3.63, 3.8) is 0 Å². The Hall–Kier alpha value is -3.67. The van der Waals surface area contributed by atoms with E-state index in [-0.39, 0.29) is 11.1 Å². The van der Waals surface area contributed by atoms with Gasteiger partial charge in [-0.05, 0) is 46.9 Å². The molecule has 0 fully saturated rings. The standard InChI is InChI=1S/C24H25N3O3/c1-17(2)20-10-6-18(7-11-20)15-25-26-23(28)22-5-4-14-27(24(22)29)16-19-8-12-21(30-3)13-9-19/h4-15,17H,16H2,1-3H3,(H,26,28)/b25-15-. The molecule has 6 nitrogen and oxygen atoms in total. The molecule has 0 atom stereocenters. The van der Waals surface area contributed by atoms with Crippen molar-refractivity contribution >= 4 is 12.1 Å². The number of pyridine rings is 1. The maximum atomic E-state index is 12.7. The Bertz CT molecular complexity index is 1080. The lowest BCUT2D eigenvalue weighted by Gasteiger charge is -2.08. The van der Waals surface area contributed by atoms with Crippen LogP contribution in [0.2, 0.25) is 0 Å². The molecule has 0 aliphatic heterocycles. The topological polar surface area (TPSA) is 72.7 Å². The molecule has 6 heteroatoms. The minimum absolute atomic E-state index is 0.0401. The minimum atomic E-state index is -0.542. The maximum absolute atomic E-state index is 12.7. The summed E-state index contributed by atoms with van der Waals surface area (Å²) in [6.45, 7) is 4.62. The summed E-state index contributed by atoms with van der Waals surface area (Å²) in [7, 11) is 1.60. The second-order valence-corrected chi connectivity index (χ2v) is 7.22. The van der Waals surface area contributed by atoms with Crippen LogP contribution in [0.3, 0.4) is 0 Å². The number of hydrazone groups is 1. The fourth-order valence-corrected chi connectivity index (χ4v) is 2.95. The zero-order valence-corrected chi connectivity index (χ0v) is 17.3. The molecule has 0 spiro atoms. The summed E-state index contributed by atoms with van der Waals surface area (Å²) in [6, 6.07) is 18.5. The highest BCUT2D eigenvalue weighted by Gasteiger charge is 2.11. The third kappa shape index (κ3) is 5.23. The summed E-state index contributed by atoms with van der Waals surface area (Å²) in [5, 5.41) is 3.98. The maximum Gasteiger partial charge on any atom is 0.276 e. The number of amides is 1. The second-order valence-electron chi connectivity index (χ2n) is 7.22. The number of carbonyl (C=O) groups is 1. The first-order valence-corrected chi connectivity index (χ1v) is 9.73. The van der Waals surface area contributed by atoms with E-state index in [1.54, 1.807) is 25.6 Å². The van der Waals surface area contributed by atoms with Gasteiger partial charge in [0.2, 0.25) is 0 Å². The van der Waals surface area contributed by atoms with Gasteiger partial charge in [-0.15, -0.1) is 0 Å². The Morgan fingerprint density at radius 2 is 1.80 bits per heavy atom. The molecule has 3 rings (SSSR count). The zero-order chi connectivity index (χ0) is 21.5. The number of hydrogen-bond acceptors (Lipinski definition) is 4. The largest absolute Gasteiger partial charge is 0.497 e. The number of benzene rings is 2. The van der Waals surface area contributed by atoms with E-state index in [4.69, 9.17) is 4.74 Å². The van der Waals surface area contributed by atoms with Crippen LogP contribution in [0.25, 0.3) is 0 Å². The van der Waals surface area contributed by atoms with Crippen LogP contribution >= 0.6 is 0 Å². The average molecular weight is 403 g/mol. The predicted octanol–water partition coefficient (Wildman–Crippen LogP) is 3.79. The van der Waals surface area contributed by atoms with E-state index in [9.17, 15) is 9.59 Å². The van der Waals surface area contributed by atoms with Gasteiger partial charge >= 0.3 is 0 Å². The van der Waals surface area contributed by atoms with Gasteiger partial charge in [0.25, 0.3) is 11.5 Å². The smallest absolute Gasteiger partial charge is 0.276 e. The monoisotopic (exact) mass is 403 g/mol. The lowest BCUT2D eigenvalue weighted by Crippen LogP contribution is -2.30. The molecule has 154 valence electrons. The van der Waals surface area contributed by atoms with Gasteiger partial charge in [-0.1, -0.05) is 50.2 Å². The average Bonchev–Trinajstić information content (AvgIpc) is 2.76. The summed E-state index contributed by atoms with van der Waals surface area (Å²) in [5.41, 5.74) is 5.13. The molecule has 0 aliphatic carbocycles. The van der Waals surface area contributed by atoms with E-state index in [0.717, 1.165) is 16.9 Å². The molecule has 0 radical (unpaired) electrons. The molecule has 0 saturated heterocycles. The van der Waals surface area contributed by atoms with Gasteiger partial charge < -0.3 is 9.30 Å². The lowest BCUT2D eigenvalue weighted by atomic mass is 10.0.